The average Bonchev–Trinajstić information content (AvgIpc) is 3.18. The monoisotopic (exact) mass is 302 g/mol. The van der Waals surface area contributed by atoms with Crippen molar-refractivity contribution < 1.29 is 27.8 Å². The van der Waals surface area contributed by atoms with Gasteiger partial charge in [0.05, 0.1) is 18.6 Å². The Hall–Kier alpha value is -1.72. The highest BCUT2D eigenvalue weighted by Crippen LogP contribution is 2.46. The molecular weight excluding hydrogens is 285 g/mol. The van der Waals surface area contributed by atoms with Crippen molar-refractivity contribution >= 4 is 5.97 Å². The zero-order chi connectivity index (χ0) is 15.8. The van der Waals surface area contributed by atoms with Crippen LogP contribution in [0.2, 0.25) is 0 Å². The first-order chi connectivity index (χ1) is 9.74. The Bertz CT molecular complexity index is 539. The summed E-state index contributed by atoms with van der Waals surface area (Å²) in [6.45, 7) is 1.92. The maximum atomic E-state index is 12.7. The van der Waals surface area contributed by atoms with Gasteiger partial charge in [-0.1, -0.05) is 13.0 Å². The number of aliphatic carboxylic acids is 1. The fourth-order valence-electron chi connectivity index (χ4n) is 2.72. The molecule has 3 atom stereocenters. The van der Waals surface area contributed by atoms with Crippen LogP contribution in [0.1, 0.15) is 24.5 Å². The number of carboxylic acids is 1. The predicted molar refractivity (Wildman–Crippen MR) is 70.1 cm³/mol. The molecule has 1 aliphatic rings. The zero-order valence-corrected chi connectivity index (χ0v) is 11.8. The van der Waals surface area contributed by atoms with E-state index in [2.05, 4.69) is 0 Å². The van der Waals surface area contributed by atoms with Crippen LogP contribution < -0.4 is 4.74 Å². The number of rotatable bonds is 5. The van der Waals surface area contributed by atoms with Crippen LogP contribution in [0.4, 0.5) is 13.2 Å². The third kappa shape index (κ3) is 3.49. The van der Waals surface area contributed by atoms with Gasteiger partial charge in [0.25, 0.3) is 0 Å². The lowest BCUT2D eigenvalue weighted by atomic mass is 9.94. The molecule has 1 saturated carbocycles. The van der Waals surface area contributed by atoms with Gasteiger partial charge >= 0.3 is 12.1 Å². The molecule has 0 spiro atoms. The molecular formula is C15H17F3O3. The number of carboxylic acid groups (broad SMARTS) is 1. The molecule has 0 amide bonds. The molecule has 0 aliphatic heterocycles. The summed E-state index contributed by atoms with van der Waals surface area (Å²) in [5, 5.41) is 8.92. The van der Waals surface area contributed by atoms with Crippen molar-refractivity contribution in [3.63, 3.8) is 0 Å². The van der Waals surface area contributed by atoms with Crippen molar-refractivity contribution in [1.82, 2.24) is 0 Å². The van der Waals surface area contributed by atoms with Gasteiger partial charge in [0.1, 0.15) is 5.75 Å². The zero-order valence-electron chi connectivity index (χ0n) is 11.8. The summed E-state index contributed by atoms with van der Waals surface area (Å²) in [6, 6.07) is 3.44. The van der Waals surface area contributed by atoms with Crippen LogP contribution in [0.5, 0.6) is 5.75 Å². The standard InChI is InChI=1S/C15H17F3O3/c1-8(11-7-12(11)14(19)20)5-9-3-4-10(15(16,17)18)6-13(9)21-2/h3-4,6,8,11-12H,5,7H2,1-2H3,(H,19,20). The largest absolute Gasteiger partial charge is 0.496 e. The highest BCUT2D eigenvalue weighted by atomic mass is 19.4. The molecule has 3 nitrogen and oxygen atoms in total. The molecule has 1 aromatic carbocycles. The summed E-state index contributed by atoms with van der Waals surface area (Å²) in [5.41, 5.74) is -0.0698. The molecule has 1 aliphatic carbocycles. The third-order valence-electron chi connectivity index (χ3n) is 4.04. The Kier molecular flexibility index (Phi) is 4.16. The van der Waals surface area contributed by atoms with Crippen molar-refractivity contribution in [2.45, 2.75) is 25.9 Å². The van der Waals surface area contributed by atoms with Crippen molar-refractivity contribution in [2.24, 2.45) is 17.8 Å². The summed E-state index contributed by atoms with van der Waals surface area (Å²) >= 11 is 0. The topological polar surface area (TPSA) is 46.5 Å². The highest BCUT2D eigenvalue weighted by molar-refractivity contribution is 5.73. The summed E-state index contributed by atoms with van der Waals surface area (Å²) < 4.78 is 43.0. The number of halogens is 3. The van der Waals surface area contributed by atoms with Crippen molar-refractivity contribution in [3.05, 3.63) is 29.3 Å². The second-order valence-corrected chi connectivity index (χ2v) is 5.55. The van der Waals surface area contributed by atoms with Crippen LogP contribution >= 0.6 is 0 Å². The molecule has 6 heteroatoms. The smallest absolute Gasteiger partial charge is 0.416 e. The predicted octanol–water partition coefficient (Wildman–Crippen LogP) is 3.61. The lowest BCUT2D eigenvalue weighted by Crippen LogP contribution is -2.10. The van der Waals surface area contributed by atoms with Crippen molar-refractivity contribution in [1.29, 1.82) is 0 Å². The molecule has 116 valence electrons. The Morgan fingerprint density at radius 2 is 2.14 bits per heavy atom. The minimum atomic E-state index is -4.40. The molecule has 0 radical (unpaired) electrons. The van der Waals surface area contributed by atoms with E-state index in [4.69, 9.17) is 9.84 Å². The van der Waals surface area contributed by atoms with Gasteiger partial charge in [0.2, 0.25) is 0 Å². The first kappa shape index (κ1) is 15.7. The first-order valence-corrected chi connectivity index (χ1v) is 6.71. The SMILES string of the molecule is COc1cc(C(F)(F)F)ccc1CC(C)C1CC1C(=O)O. The number of hydrogen-bond donors (Lipinski definition) is 1. The molecule has 1 aromatic rings. The lowest BCUT2D eigenvalue weighted by Gasteiger charge is -2.16. The van der Waals surface area contributed by atoms with E-state index < -0.39 is 17.7 Å². The second kappa shape index (κ2) is 5.58. The Labute approximate surface area is 120 Å². The minimum absolute atomic E-state index is 0.0921. The fourth-order valence-corrected chi connectivity index (χ4v) is 2.72. The maximum absolute atomic E-state index is 12.7. The van der Waals surface area contributed by atoms with E-state index in [0.717, 1.165) is 12.1 Å². The quantitative estimate of drug-likeness (QED) is 0.903. The Balaban J connectivity index is 2.12. The minimum Gasteiger partial charge on any atom is -0.496 e. The first-order valence-electron chi connectivity index (χ1n) is 6.71. The number of hydrogen-bond acceptors (Lipinski definition) is 2. The van der Waals surface area contributed by atoms with Crippen molar-refractivity contribution in [2.75, 3.05) is 7.11 Å². The Morgan fingerprint density at radius 1 is 1.48 bits per heavy atom. The van der Waals surface area contributed by atoms with Crippen LogP contribution in [0.3, 0.4) is 0 Å². The molecule has 2 rings (SSSR count). The summed E-state index contributed by atoms with van der Waals surface area (Å²) in [6.07, 6.45) is -3.25. The van der Waals surface area contributed by atoms with Gasteiger partial charge in [0, 0.05) is 0 Å². The Morgan fingerprint density at radius 3 is 2.62 bits per heavy atom. The van der Waals surface area contributed by atoms with E-state index in [1.807, 2.05) is 6.92 Å². The van der Waals surface area contributed by atoms with Gasteiger partial charge in [-0.25, -0.2) is 0 Å². The highest BCUT2D eigenvalue weighted by Gasteiger charge is 2.46. The van der Waals surface area contributed by atoms with Crippen LogP contribution in [0.15, 0.2) is 18.2 Å². The van der Waals surface area contributed by atoms with Gasteiger partial charge in [-0.2, -0.15) is 13.2 Å². The van der Waals surface area contributed by atoms with Gasteiger partial charge < -0.3 is 9.84 Å². The molecule has 1 fully saturated rings. The van der Waals surface area contributed by atoms with E-state index in [0.29, 0.717) is 18.4 Å². The van der Waals surface area contributed by atoms with Crippen molar-refractivity contribution in [3.8, 4) is 5.75 Å². The second-order valence-electron chi connectivity index (χ2n) is 5.55. The molecule has 0 bridgehead atoms. The molecule has 3 unspecified atom stereocenters. The van der Waals surface area contributed by atoms with E-state index in [9.17, 15) is 18.0 Å². The summed E-state index contributed by atoms with van der Waals surface area (Å²) in [5.74, 6) is -0.734. The fraction of sp³-hybridized carbons (Fsp3) is 0.533. The van der Waals surface area contributed by atoms with Gasteiger partial charge in [-0.15, -0.1) is 0 Å². The van der Waals surface area contributed by atoms with Crippen LogP contribution in [0, 0.1) is 17.8 Å². The summed E-state index contributed by atoms with van der Waals surface area (Å²) in [7, 11) is 1.33. The summed E-state index contributed by atoms with van der Waals surface area (Å²) in [4.78, 5) is 10.9. The number of benzene rings is 1. The van der Waals surface area contributed by atoms with Crippen LogP contribution in [-0.4, -0.2) is 18.2 Å². The molecule has 0 saturated heterocycles. The average molecular weight is 302 g/mol. The maximum Gasteiger partial charge on any atom is 0.416 e. The van der Waals surface area contributed by atoms with E-state index in [-0.39, 0.29) is 23.5 Å². The molecule has 21 heavy (non-hydrogen) atoms. The normalized spacial score (nSPS) is 22.7. The lowest BCUT2D eigenvalue weighted by molar-refractivity contribution is -0.139. The van der Waals surface area contributed by atoms with Crippen LogP contribution in [-0.2, 0) is 17.4 Å². The molecule has 1 N–H and O–H groups in total. The number of ether oxygens (including phenoxy) is 1. The van der Waals surface area contributed by atoms with Crippen LogP contribution in [0.25, 0.3) is 0 Å². The number of carbonyl (C=O) groups is 1. The number of methoxy groups -OCH3 is 1. The van der Waals surface area contributed by atoms with E-state index >= 15 is 0 Å². The molecule has 0 aromatic heterocycles. The van der Waals surface area contributed by atoms with Gasteiger partial charge in [-0.3, -0.25) is 4.79 Å². The molecule has 0 heterocycles. The third-order valence-corrected chi connectivity index (χ3v) is 4.04. The van der Waals surface area contributed by atoms with Gasteiger partial charge in [-0.05, 0) is 42.4 Å². The van der Waals surface area contributed by atoms with Gasteiger partial charge in [0.15, 0.2) is 0 Å². The van der Waals surface area contributed by atoms with E-state index in [1.54, 1.807) is 0 Å². The van der Waals surface area contributed by atoms with E-state index in [1.165, 1.54) is 13.2 Å². The number of alkyl halides is 3.